The molecule has 0 aliphatic carbocycles. The third kappa shape index (κ3) is 6.09. The average molecular weight is 427 g/mol. The highest BCUT2D eigenvalue weighted by atomic mass is 16.5. The lowest BCUT2D eigenvalue weighted by molar-refractivity contribution is -0.910. The van der Waals surface area contributed by atoms with Crippen molar-refractivity contribution < 1.29 is 19.5 Å². The number of rotatable bonds is 11. The lowest BCUT2D eigenvalue weighted by Gasteiger charge is -2.42. The van der Waals surface area contributed by atoms with Crippen LogP contribution in [0.4, 0.5) is 0 Å². The quantitative estimate of drug-likeness (QED) is 0.537. The van der Waals surface area contributed by atoms with Gasteiger partial charge >= 0.3 is 0 Å². The number of hydrogen-bond acceptors (Lipinski definition) is 3. The van der Waals surface area contributed by atoms with E-state index in [9.17, 15) is 5.11 Å². The van der Waals surface area contributed by atoms with E-state index in [2.05, 4.69) is 57.2 Å². The van der Waals surface area contributed by atoms with Gasteiger partial charge in [0.15, 0.2) is 0 Å². The number of benzene rings is 2. The Bertz CT molecular complexity index is 756. The van der Waals surface area contributed by atoms with Crippen LogP contribution in [0.15, 0.2) is 54.6 Å². The molecule has 2 aromatic carbocycles. The first-order valence-corrected chi connectivity index (χ1v) is 12.0. The zero-order chi connectivity index (χ0) is 22.1. The summed E-state index contributed by atoms with van der Waals surface area (Å²) in [5.74, 6) is 0.939. The molecular weight excluding hydrogens is 386 g/mol. The van der Waals surface area contributed by atoms with Crippen LogP contribution in [0, 0.1) is 5.92 Å². The molecule has 0 saturated carbocycles. The Kier molecular flexibility index (Phi) is 8.94. The second-order valence-electron chi connectivity index (χ2n) is 9.09. The van der Waals surface area contributed by atoms with Crippen LogP contribution >= 0.6 is 0 Å². The maximum absolute atomic E-state index is 12.3. The minimum Gasteiger partial charge on any atom is -0.494 e. The fraction of sp³-hybridized carbons (Fsp3) is 0.556. The summed E-state index contributed by atoms with van der Waals surface area (Å²) in [6, 6.07) is 18.6. The van der Waals surface area contributed by atoms with Crippen LogP contribution < -0.4 is 9.64 Å². The number of nitrogens with one attached hydrogen (secondary N) is 1. The van der Waals surface area contributed by atoms with Crippen LogP contribution in [-0.4, -0.2) is 44.6 Å². The summed E-state index contributed by atoms with van der Waals surface area (Å²) < 4.78 is 11.5. The fourth-order valence-corrected chi connectivity index (χ4v) is 4.66. The summed E-state index contributed by atoms with van der Waals surface area (Å²) in [4.78, 5) is 1.50. The Morgan fingerprint density at radius 3 is 2.29 bits per heavy atom. The average Bonchev–Trinajstić information content (AvgIpc) is 2.81. The fourth-order valence-electron chi connectivity index (χ4n) is 4.66. The molecule has 1 fully saturated rings. The molecule has 170 valence electrons. The van der Waals surface area contributed by atoms with Crippen molar-refractivity contribution in [3.63, 3.8) is 0 Å². The predicted octanol–water partition coefficient (Wildman–Crippen LogP) is 3.80. The third-order valence-corrected chi connectivity index (χ3v) is 6.64. The lowest BCUT2D eigenvalue weighted by atomic mass is 9.70. The Morgan fingerprint density at radius 1 is 1.00 bits per heavy atom. The highest BCUT2D eigenvalue weighted by molar-refractivity contribution is 5.36. The highest BCUT2D eigenvalue weighted by Crippen LogP contribution is 2.42. The van der Waals surface area contributed by atoms with E-state index in [1.165, 1.54) is 23.3 Å². The third-order valence-electron chi connectivity index (χ3n) is 6.64. The van der Waals surface area contributed by atoms with Crippen molar-refractivity contribution in [2.24, 2.45) is 5.92 Å². The zero-order valence-corrected chi connectivity index (χ0v) is 19.5. The van der Waals surface area contributed by atoms with Gasteiger partial charge in [0.1, 0.15) is 24.4 Å². The van der Waals surface area contributed by atoms with Crippen LogP contribution in [0.2, 0.25) is 0 Å². The lowest BCUT2D eigenvalue weighted by Crippen LogP contribution is -3.14. The van der Waals surface area contributed by atoms with E-state index in [0.29, 0.717) is 0 Å². The summed E-state index contributed by atoms with van der Waals surface area (Å²) in [6.45, 7) is 11.6. The van der Waals surface area contributed by atoms with Gasteiger partial charge in [-0.05, 0) is 35.6 Å². The van der Waals surface area contributed by atoms with Gasteiger partial charge < -0.3 is 19.5 Å². The van der Waals surface area contributed by atoms with Gasteiger partial charge in [0.25, 0.3) is 0 Å². The first kappa shape index (κ1) is 23.8. The number of morpholine rings is 1. The summed E-state index contributed by atoms with van der Waals surface area (Å²) in [5, 5.41) is 12.3. The van der Waals surface area contributed by atoms with Crippen molar-refractivity contribution in [3.8, 4) is 5.75 Å². The molecule has 4 heteroatoms. The van der Waals surface area contributed by atoms with Crippen LogP contribution in [0.3, 0.4) is 0 Å². The summed E-state index contributed by atoms with van der Waals surface area (Å²) in [6.07, 6.45) is 3.45. The highest BCUT2D eigenvalue weighted by Gasteiger charge is 2.44. The van der Waals surface area contributed by atoms with E-state index in [-0.39, 0.29) is 11.8 Å². The second-order valence-corrected chi connectivity index (χ2v) is 9.09. The van der Waals surface area contributed by atoms with Gasteiger partial charge in [-0.2, -0.15) is 0 Å². The minimum absolute atomic E-state index is 0.00174. The summed E-state index contributed by atoms with van der Waals surface area (Å²) in [7, 11) is 0. The second kappa shape index (κ2) is 11.7. The van der Waals surface area contributed by atoms with Gasteiger partial charge in [0.05, 0.1) is 32.3 Å². The van der Waals surface area contributed by atoms with Crippen LogP contribution in [-0.2, 0) is 10.3 Å². The number of hydrogen-bond donors (Lipinski definition) is 2. The number of ether oxygens (including phenoxy) is 2. The van der Waals surface area contributed by atoms with E-state index in [1.54, 1.807) is 0 Å². The van der Waals surface area contributed by atoms with E-state index in [4.69, 9.17) is 9.47 Å². The van der Waals surface area contributed by atoms with Crippen molar-refractivity contribution in [1.29, 1.82) is 0 Å². The first-order chi connectivity index (χ1) is 15.1. The maximum atomic E-state index is 12.3. The smallest absolute Gasteiger partial charge is 0.119 e. The topological polar surface area (TPSA) is 43.1 Å². The summed E-state index contributed by atoms with van der Waals surface area (Å²) in [5.41, 5.74) is 1.19. The molecule has 31 heavy (non-hydrogen) atoms. The number of unbranched alkanes of at least 4 members (excludes halogenated alkanes) is 2. The van der Waals surface area contributed by atoms with Crippen LogP contribution in [0.1, 0.15) is 57.1 Å². The van der Waals surface area contributed by atoms with E-state index >= 15 is 0 Å². The Hall–Kier alpha value is -1.88. The van der Waals surface area contributed by atoms with E-state index in [0.717, 1.165) is 57.2 Å². The molecule has 2 aromatic rings. The standard InChI is InChI=1S/C27H39NO3/c1-4-5-9-18-31-25-14-12-24(13-15-25)27(29,22(2)3)26(23-10-7-6-8-11-23)21-28-16-19-30-20-17-28/h6-8,10-15,22,26,29H,4-5,9,16-21H2,1-3H3/p+1/t26-,27-/m0/s1. The van der Waals surface area contributed by atoms with Gasteiger partial charge in [0, 0.05) is 0 Å². The van der Waals surface area contributed by atoms with Crippen molar-refractivity contribution in [1.82, 2.24) is 0 Å². The van der Waals surface area contributed by atoms with Crippen molar-refractivity contribution in [3.05, 3.63) is 65.7 Å². The molecule has 0 bridgehead atoms. The Morgan fingerprint density at radius 2 is 1.68 bits per heavy atom. The van der Waals surface area contributed by atoms with E-state index < -0.39 is 5.60 Å². The Balaban J connectivity index is 1.87. The summed E-state index contributed by atoms with van der Waals surface area (Å²) >= 11 is 0. The van der Waals surface area contributed by atoms with Gasteiger partial charge in [-0.15, -0.1) is 0 Å². The molecule has 2 atom stereocenters. The SMILES string of the molecule is CCCCCOc1ccc([C@@](O)(C(C)C)[C@@H](C[NH+]2CCOCC2)c2ccccc2)cc1. The minimum atomic E-state index is -0.965. The molecule has 0 radical (unpaired) electrons. The largest absolute Gasteiger partial charge is 0.494 e. The molecule has 3 rings (SSSR count). The van der Waals surface area contributed by atoms with E-state index in [1.807, 2.05) is 18.2 Å². The van der Waals surface area contributed by atoms with Gasteiger partial charge in [-0.3, -0.25) is 0 Å². The van der Waals surface area contributed by atoms with Crippen molar-refractivity contribution in [2.75, 3.05) is 39.5 Å². The molecule has 0 spiro atoms. The molecule has 1 heterocycles. The maximum Gasteiger partial charge on any atom is 0.119 e. The molecule has 1 aliphatic heterocycles. The van der Waals surface area contributed by atoms with Crippen LogP contribution in [0.5, 0.6) is 5.75 Å². The van der Waals surface area contributed by atoms with Crippen LogP contribution in [0.25, 0.3) is 0 Å². The number of quaternary nitrogens is 1. The molecular formula is C27H40NO3+. The predicted molar refractivity (Wildman–Crippen MR) is 126 cm³/mol. The van der Waals surface area contributed by atoms with Gasteiger partial charge in [-0.25, -0.2) is 0 Å². The normalized spacial score (nSPS) is 18.0. The number of aliphatic hydroxyl groups is 1. The molecule has 1 aliphatic rings. The molecule has 4 nitrogen and oxygen atoms in total. The van der Waals surface area contributed by atoms with Gasteiger partial charge in [0.2, 0.25) is 0 Å². The molecule has 0 unspecified atom stereocenters. The first-order valence-electron chi connectivity index (χ1n) is 12.0. The Labute approximate surface area is 188 Å². The molecule has 2 N–H and O–H groups in total. The monoisotopic (exact) mass is 426 g/mol. The van der Waals surface area contributed by atoms with Gasteiger partial charge in [-0.1, -0.05) is 76.1 Å². The molecule has 0 amide bonds. The zero-order valence-electron chi connectivity index (χ0n) is 19.5. The molecule has 1 saturated heterocycles. The molecule has 0 aromatic heterocycles. The van der Waals surface area contributed by atoms with Crippen molar-refractivity contribution in [2.45, 2.75) is 51.6 Å². The van der Waals surface area contributed by atoms with Crippen molar-refractivity contribution >= 4 is 0 Å².